The lowest BCUT2D eigenvalue weighted by atomic mass is 9.99. The lowest BCUT2D eigenvalue weighted by Crippen LogP contribution is -2.30. The molecule has 0 spiro atoms. The number of nitrogens with zero attached hydrogens (tertiary/aromatic N) is 2. The Hall–Kier alpha value is -3.91. The van der Waals surface area contributed by atoms with Crippen LogP contribution < -0.4 is 4.90 Å². The molecule has 2 nitrogen and oxygen atoms in total. The molecule has 156 valence electrons. The maximum atomic E-state index is 4.49. The zero-order valence-corrected chi connectivity index (χ0v) is 18.2. The quantitative estimate of drug-likeness (QED) is 0.331. The summed E-state index contributed by atoms with van der Waals surface area (Å²) in [6, 6.07) is 34.5. The van der Waals surface area contributed by atoms with Crippen LogP contribution >= 0.6 is 0 Å². The first kappa shape index (κ1) is 20.0. The fourth-order valence-electron chi connectivity index (χ4n) is 4.21. The van der Waals surface area contributed by atoms with Crippen LogP contribution in [0, 0.1) is 0 Å². The standard InChI is InChI=1S/C30H26N2/c1-23-10-16-27(17-11-23)32(28-18-12-25(13-19-28)24-7-3-2-4-8-24)29-20-14-26(15-21-29)30-9-5-6-22-31-30/h2-16,18-22,27H,17H2,1H3. The predicted molar refractivity (Wildman–Crippen MR) is 135 cm³/mol. The summed E-state index contributed by atoms with van der Waals surface area (Å²) in [5.41, 5.74) is 8.29. The Kier molecular flexibility index (Phi) is 5.67. The number of benzene rings is 3. The van der Waals surface area contributed by atoms with Crippen LogP contribution in [-0.4, -0.2) is 11.0 Å². The number of hydrogen-bond acceptors (Lipinski definition) is 2. The van der Waals surface area contributed by atoms with E-state index in [1.165, 1.54) is 28.1 Å². The third kappa shape index (κ3) is 4.26. The normalized spacial score (nSPS) is 15.3. The lowest BCUT2D eigenvalue weighted by molar-refractivity contribution is 0.779. The highest BCUT2D eigenvalue weighted by atomic mass is 15.2. The van der Waals surface area contributed by atoms with Gasteiger partial charge in [-0.25, -0.2) is 0 Å². The van der Waals surface area contributed by atoms with E-state index < -0.39 is 0 Å². The fraction of sp³-hybridized carbons (Fsp3) is 0.100. The molecule has 0 saturated heterocycles. The fourth-order valence-corrected chi connectivity index (χ4v) is 4.21. The van der Waals surface area contributed by atoms with Crippen molar-refractivity contribution in [3.05, 3.63) is 127 Å². The largest absolute Gasteiger partial charge is 0.334 e. The van der Waals surface area contributed by atoms with E-state index in [0.29, 0.717) is 0 Å². The molecular formula is C30H26N2. The Morgan fingerprint density at radius 2 is 1.31 bits per heavy atom. The van der Waals surface area contributed by atoms with Crippen molar-refractivity contribution in [1.82, 2.24) is 4.98 Å². The van der Waals surface area contributed by atoms with Gasteiger partial charge in [0.05, 0.1) is 11.7 Å². The Morgan fingerprint density at radius 3 is 1.91 bits per heavy atom. The van der Waals surface area contributed by atoms with Crippen LogP contribution in [0.5, 0.6) is 0 Å². The van der Waals surface area contributed by atoms with E-state index >= 15 is 0 Å². The second-order valence-electron chi connectivity index (χ2n) is 8.16. The number of hydrogen-bond donors (Lipinski definition) is 0. The summed E-state index contributed by atoms with van der Waals surface area (Å²) in [5, 5.41) is 0. The van der Waals surface area contributed by atoms with Crippen LogP contribution in [0.3, 0.4) is 0 Å². The Morgan fingerprint density at radius 1 is 0.688 bits per heavy atom. The third-order valence-electron chi connectivity index (χ3n) is 5.95. The van der Waals surface area contributed by atoms with Crippen LogP contribution in [0.25, 0.3) is 22.4 Å². The minimum absolute atomic E-state index is 0.280. The van der Waals surface area contributed by atoms with Gasteiger partial charge in [0.15, 0.2) is 0 Å². The lowest BCUT2D eigenvalue weighted by Gasteiger charge is -2.33. The van der Waals surface area contributed by atoms with Crippen molar-refractivity contribution < 1.29 is 0 Å². The molecular weight excluding hydrogens is 388 g/mol. The van der Waals surface area contributed by atoms with Crippen molar-refractivity contribution in [2.45, 2.75) is 19.4 Å². The number of allylic oxidation sites excluding steroid dienone is 2. The van der Waals surface area contributed by atoms with Crippen LogP contribution in [0.4, 0.5) is 11.4 Å². The molecule has 1 aromatic heterocycles. The van der Waals surface area contributed by atoms with Gasteiger partial charge in [-0.3, -0.25) is 4.98 Å². The molecule has 3 aromatic carbocycles. The summed E-state index contributed by atoms with van der Waals surface area (Å²) in [6.45, 7) is 2.16. The average molecular weight is 415 g/mol. The van der Waals surface area contributed by atoms with Gasteiger partial charge in [0.25, 0.3) is 0 Å². The summed E-state index contributed by atoms with van der Waals surface area (Å²) in [5.74, 6) is 0. The SMILES string of the molecule is CC1=CCC(N(c2ccc(-c3ccccc3)cc2)c2ccc(-c3ccccn3)cc2)C=C1. The molecule has 0 fully saturated rings. The zero-order valence-electron chi connectivity index (χ0n) is 18.2. The topological polar surface area (TPSA) is 16.1 Å². The molecule has 1 unspecified atom stereocenters. The molecule has 0 amide bonds. The highest BCUT2D eigenvalue weighted by Gasteiger charge is 2.20. The maximum Gasteiger partial charge on any atom is 0.0701 e. The summed E-state index contributed by atoms with van der Waals surface area (Å²) >= 11 is 0. The van der Waals surface area contributed by atoms with Crippen molar-refractivity contribution in [3.63, 3.8) is 0 Å². The van der Waals surface area contributed by atoms with Gasteiger partial charge >= 0.3 is 0 Å². The molecule has 0 saturated carbocycles. The van der Waals surface area contributed by atoms with Crippen molar-refractivity contribution in [1.29, 1.82) is 0 Å². The van der Waals surface area contributed by atoms with Crippen LogP contribution in [0.1, 0.15) is 13.3 Å². The van der Waals surface area contributed by atoms with Gasteiger partial charge in [0, 0.05) is 23.1 Å². The van der Waals surface area contributed by atoms with E-state index in [1.807, 2.05) is 24.4 Å². The molecule has 1 atom stereocenters. The zero-order chi connectivity index (χ0) is 21.8. The highest BCUT2D eigenvalue weighted by molar-refractivity contribution is 5.72. The monoisotopic (exact) mass is 414 g/mol. The van der Waals surface area contributed by atoms with E-state index in [2.05, 4.69) is 114 Å². The number of aromatic nitrogens is 1. The Balaban J connectivity index is 1.49. The second-order valence-corrected chi connectivity index (χ2v) is 8.16. The van der Waals surface area contributed by atoms with Crippen molar-refractivity contribution in [3.8, 4) is 22.4 Å². The van der Waals surface area contributed by atoms with Gasteiger partial charge < -0.3 is 4.90 Å². The summed E-state index contributed by atoms with van der Waals surface area (Å²) in [7, 11) is 0. The minimum atomic E-state index is 0.280. The van der Waals surface area contributed by atoms with Crippen LogP contribution in [0.15, 0.2) is 127 Å². The highest BCUT2D eigenvalue weighted by Crippen LogP contribution is 2.34. The first-order valence-electron chi connectivity index (χ1n) is 11.1. The molecule has 1 aliphatic rings. The number of pyridine rings is 1. The van der Waals surface area contributed by atoms with Gasteiger partial charge in [-0.15, -0.1) is 0 Å². The molecule has 0 radical (unpaired) electrons. The second kappa shape index (κ2) is 9.07. The number of anilines is 2. The van der Waals surface area contributed by atoms with Crippen molar-refractivity contribution >= 4 is 11.4 Å². The van der Waals surface area contributed by atoms with Gasteiger partial charge in [0.2, 0.25) is 0 Å². The summed E-state index contributed by atoms with van der Waals surface area (Å²) in [4.78, 5) is 6.91. The smallest absolute Gasteiger partial charge is 0.0701 e. The third-order valence-corrected chi connectivity index (χ3v) is 5.95. The predicted octanol–water partition coefficient (Wildman–Crippen LogP) is 7.83. The Labute approximate surface area is 190 Å². The molecule has 0 N–H and O–H groups in total. The first-order chi connectivity index (χ1) is 15.8. The molecule has 0 bridgehead atoms. The van der Waals surface area contributed by atoms with E-state index in [9.17, 15) is 0 Å². The van der Waals surface area contributed by atoms with Gasteiger partial charge in [-0.1, -0.05) is 84.5 Å². The summed E-state index contributed by atoms with van der Waals surface area (Å²) < 4.78 is 0. The van der Waals surface area contributed by atoms with Gasteiger partial charge in [0.1, 0.15) is 0 Å². The van der Waals surface area contributed by atoms with Crippen molar-refractivity contribution in [2.24, 2.45) is 0 Å². The number of rotatable bonds is 5. The van der Waals surface area contributed by atoms with E-state index in [4.69, 9.17) is 0 Å². The van der Waals surface area contributed by atoms with E-state index in [0.717, 1.165) is 17.7 Å². The van der Waals surface area contributed by atoms with Gasteiger partial charge in [-0.05, 0) is 60.9 Å². The van der Waals surface area contributed by atoms with Crippen LogP contribution in [-0.2, 0) is 0 Å². The molecule has 32 heavy (non-hydrogen) atoms. The van der Waals surface area contributed by atoms with Crippen molar-refractivity contribution in [2.75, 3.05) is 4.90 Å². The summed E-state index contributed by atoms with van der Waals surface area (Å²) in [6.07, 6.45) is 9.68. The molecule has 4 aromatic rings. The molecule has 2 heteroatoms. The minimum Gasteiger partial charge on any atom is -0.334 e. The average Bonchev–Trinajstić information content (AvgIpc) is 2.87. The van der Waals surface area contributed by atoms with Crippen LogP contribution in [0.2, 0.25) is 0 Å². The molecule has 1 aliphatic carbocycles. The molecule has 0 aliphatic heterocycles. The Bertz CT molecular complexity index is 1140. The maximum absolute atomic E-state index is 4.49. The first-order valence-corrected chi connectivity index (χ1v) is 11.1. The molecule has 1 heterocycles. The van der Waals surface area contributed by atoms with Gasteiger partial charge in [-0.2, -0.15) is 0 Å². The van der Waals surface area contributed by atoms with E-state index in [-0.39, 0.29) is 6.04 Å². The van der Waals surface area contributed by atoms with E-state index in [1.54, 1.807) is 0 Å². The molecule has 5 rings (SSSR count).